The van der Waals surface area contributed by atoms with Crippen LogP contribution in [0.3, 0.4) is 0 Å². The predicted molar refractivity (Wildman–Crippen MR) is 105 cm³/mol. The number of amides is 2. The second-order valence-electron chi connectivity index (χ2n) is 7.51. The summed E-state index contributed by atoms with van der Waals surface area (Å²) in [6.45, 7) is 8.24. The highest BCUT2D eigenvalue weighted by Gasteiger charge is 2.41. The maximum absolute atomic E-state index is 13.5. The van der Waals surface area contributed by atoms with E-state index in [1.807, 2.05) is 18.2 Å². The molecule has 28 heavy (non-hydrogen) atoms. The van der Waals surface area contributed by atoms with Crippen LogP contribution in [0.25, 0.3) is 11.5 Å². The molecule has 2 amide bonds. The van der Waals surface area contributed by atoms with Crippen molar-refractivity contribution in [1.82, 2.24) is 10.2 Å². The van der Waals surface area contributed by atoms with Gasteiger partial charge in [0.2, 0.25) is 12.3 Å². The second-order valence-corrected chi connectivity index (χ2v) is 7.51. The molecule has 3 aromatic rings. The Kier molecular flexibility index (Phi) is 4.34. The van der Waals surface area contributed by atoms with E-state index in [2.05, 4.69) is 37.9 Å². The number of benzene rings is 2. The lowest BCUT2D eigenvalue weighted by atomic mass is 9.92. The van der Waals surface area contributed by atoms with Gasteiger partial charge in [-0.1, -0.05) is 52.0 Å². The summed E-state index contributed by atoms with van der Waals surface area (Å²) in [4.78, 5) is 28.1. The lowest BCUT2D eigenvalue weighted by Gasteiger charge is -2.25. The largest absolute Gasteiger partial charge is 0.423 e. The van der Waals surface area contributed by atoms with Gasteiger partial charge in [0.25, 0.3) is 11.8 Å². The Morgan fingerprint density at radius 1 is 0.857 bits per heavy atom. The van der Waals surface area contributed by atoms with Crippen LogP contribution < -0.4 is 4.90 Å². The number of imide groups is 1. The van der Waals surface area contributed by atoms with E-state index in [9.17, 15) is 9.59 Å². The molecular formula is C22H21N3O3. The molecule has 0 radical (unpaired) electrons. The van der Waals surface area contributed by atoms with Gasteiger partial charge in [-0.25, -0.2) is 4.90 Å². The zero-order valence-electron chi connectivity index (χ0n) is 16.3. The molecule has 2 aromatic carbocycles. The lowest BCUT2D eigenvalue weighted by molar-refractivity contribution is 0.0925. The van der Waals surface area contributed by atoms with E-state index in [4.69, 9.17) is 4.42 Å². The van der Waals surface area contributed by atoms with Crippen molar-refractivity contribution in [2.75, 3.05) is 4.90 Å². The fraction of sp³-hybridized carbons (Fsp3) is 0.273. The lowest BCUT2D eigenvalue weighted by Crippen LogP contribution is -2.32. The minimum atomic E-state index is -0.358. The molecule has 0 atom stereocenters. The van der Waals surface area contributed by atoms with Gasteiger partial charge in [-0.2, -0.15) is 0 Å². The van der Waals surface area contributed by atoms with Crippen LogP contribution in [-0.2, 0) is 0 Å². The van der Waals surface area contributed by atoms with Gasteiger partial charge in [0.05, 0.1) is 22.4 Å². The topological polar surface area (TPSA) is 76.3 Å². The van der Waals surface area contributed by atoms with E-state index in [1.165, 1.54) is 11.3 Å². The first-order valence-corrected chi connectivity index (χ1v) is 9.33. The number of carbonyl (C=O) groups is 2. The van der Waals surface area contributed by atoms with Crippen LogP contribution in [0.2, 0.25) is 0 Å². The molecule has 0 saturated carbocycles. The Morgan fingerprint density at radius 2 is 1.46 bits per heavy atom. The molecule has 0 aliphatic carbocycles. The number of hydrogen-bond donors (Lipinski definition) is 0. The van der Waals surface area contributed by atoms with Crippen LogP contribution >= 0.6 is 0 Å². The van der Waals surface area contributed by atoms with Crippen molar-refractivity contribution in [2.45, 2.75) is 39.5 Å². The third kappa shape index (κ3) is 2.64. The first-order chi connectivity index (χ1) is 13.4. The Morgan fingerprint density at radius 3 is 2.04 bits per heavy atom. The number of fused-ring (bicyclic) bond motifs is 1. The molecule has 0 saturated heterocycles. The van der Waals surface area contributed by atoms with Crippen LogP contribution in [0.15, 0.2) is 47.2 Å². The molecule has 0 fully saturated rings. The van der Waals surface area contributed by atoms with Crippen molar-refractivity contribution >= 4 is 17.5 Å². The number of aromatic nitrogens is 2. The van der Waals surface area contributed by atoms with Gasteiger partial charge >= 0.3 is 0 Å². The Balaban J connectivity index is 1.94. The number of carbonyl (C=O) groups excluding carboxylic acids is 2. The van der Waals surface area contributed by atoms with Crippen LogP contribution in [-0.4, -0.2) is 22.0 Å². The van der Waals surface area contributed by atoms with Gasteiger partial charge in [0.1, 0.15) is 0 Å². The van der Waals surface area contributed by atoms with E-state index >= 15 is 0 Å². The molecule has 2 heterocycles. The van der Waals surface area contributed by atoms with Crippen LogP contribution in [0, 0.1) is 0 Å². The number of nitrogens with zero attached hydrogens (tertiary/aromatic N) is 3. The van der Waals surface area contributed by atoms with Crippen molar-refractivity contribution < 1.29 is 14.0 Å². The minimum absolute atomic E-state index is 0.161. The molecule has 1 aliphatic heterocycles. The zero-order chi connectivity index (χ0) is 20.0. The van der Waals surface area contributed by atoms with Crippen LogP contribution in [0.1, 0.15) is 71.4 Å². The van der Waals surface area contributed by atoms with Crippen LogP contribution in [0.5, 0.6) is 0 Å². The molecule has 1 aromatic heterocycles. The van der Waals surface area contributed by atoms with Gasteiger partial charge < -0.3 is 4.42 Å². The second kappa shape index (κ2) is 6.71. The summed E-state index contributed by atoms with van der Waals surface area (Å²) in [6.07, 6.45) is 1.21. The summed E-state index contributed by atoms with van der Waals surface area (Å²) in [5.74, 6) is -0.136. The summed E-state index contributed by atoms with van der Waals surface area (Å²) in [7, 11) is 0. The normalized spacial score (nSPS) is 13.7. The summed E-state index contributed by atoms with van der Waals surface area (Å²) in [5.41, 5.74) is 3.78. The maximum Gasteiger partial charge on any atom is 0.266 e. The standard InChI is InChI=1S/C22H21N3O3/c1-12(2)14-7-5-8-15(13(3)4)19(14)25-21(26)17-10-6-9-16(18(17)22(25)27)20-24-23-11-28-20/h5-13H,1-4H3. The summed E-state index contributed by atoms with van der Waals surface area (Å²) in [5, 5.41) is 7.61. The van der Waals surface area contributed by atoms with E-state index in [0.29, 0.717) is 22.4 Å². The first kappa shape index (κ1) is 18.1. The average molecular weight is 375 g/mol. The zero-order valence-corrected chi connectivity index (χ0v) is 16.3. The summed E-state index contributed by atoms with van der Waals surface area (Å²) in [6, 6.07) is 11.1. The third-order valence-electron chi connectivity index (χ3n) is 5.07. The maximum atomic E-state index is 13.5. The molecule has 142 valence electrons. The Bertz CT molecular complexity index is 1040. The molecule has 0 bridgehead atoms. The first-order valence-electron chi connectivity index (χ1n) is 9.33. The highest BCUT2D eigenvalue weighted by molar-refractivity contribution is 6.36. The predicted octanol–water partition coefficient (Wildman–Crippen LogP) is 4.78. The van der Waals surface area contributed by atoms with Gasteiger partial charge in [-0.05, 0) is 35.1 Å². The highest BCUT2D eigenvalue weighted by atomic mass is 16.4. The number of para-hydroxylation sites is 1. The molecular weight excluding hydrogens is 354 g/mol. The minimum Gasteiger partial charge on any atom is -0.423 e. The van der Waals surface area contributed by atoms with E-state index in [1.54, 1.807) is 18.2 Å². The van der Waals surface area contributed by atoms with Crippen molar-refractivity contribution in [1.29, 1.82) is 0 Å². The van der Waals surface area contributed by atoms with E-state index in [0.717, 1.165) is 11.1 Å². The summed E-state index contributed by atoms with van der Waals surface area (Å²) < 4.78 is 5.29. The van der Waals surface area contributed by atoms with Gasteiger partial charge in [-0.3, -0.25) is 9.59 Å². The van der Waals surface area contributed by atoms with E-state index in [-0.39, 0.29) is 29.5 Å². The third-order valence-corrected chi connectivity index (χ3v) is 5.07. The van der Waals surface area contributed by atoms with Crippen molar-refractivity contribution in [3.05, 3.63) is 65.0 Å². The monoisotopic (exact) mass is 375 g/mol. The van der Waals surface area contributed by atoms with Gasteiger partial charge in [0.15, 0.2) is 0 Å². The van der Waals surface area contributed by atoms with Crippen molar-refractivity contribution in [3.8, 4) is 11.5 Å². The fourth-order valence-corrected chi connectivity index (χ4v) is 3.73. The quantitative estimate of drug-likeness (QED) is 0.613. The number of anilines is 1. The molecule has 0 N–H and O–H groups in total. The molecule has 0 unspecified atom stereocenters. The van der Waals surface area contributed by atoms with Crippen molar-refractivity contribution in [2.24, 2.45) is 0 Å². The fourth-order valence-electron chi connectivity index (χ4n) is 3.73. The van der Waals surface area contributed by atoms with Gasteiger partial charge in [0, 0.05) is 0 Å². The summed E-state index contributed by atoms with van der Waals surface area (Å²) >= 11 is 0. The molecule has 4 rings (SSSR count). The average Bonchev–Trinajstić information content (AvgIpc) is 3.29. The molecule has 6 nitrogen and oxygen atoms in total. The van der Waals surface area contributed by atoms with Crippen LogP contribution in [0.4, 0.5) is 5.69 Å². The molecule has 6 heteroatoms. The van der Waals surface area contributed by atoms with E-state index < -0.39 is 0 Å². The number of hydrogen-bond acceptors (Lipinski definition) is 5. The number of rotatable bonds is 4. The molecule has 0 spiro atoms. The Labute approximate surface area is 163 Å². The molecule has 1 aliphatic rings. The highest BCUT2D eigenvalue weighted by Crippen LogP contribution is 2.41. The van der Waals surface area contributed by atoms with Crippen molar-refractivity contribution in [3.63, 3.8) is 0 Å². The Hall–Kier alpha value is -3.28. The SMILES string of the molecule is CC(C)c1cccc(C(C)C)c1N1C(=O)c2cccc(-c3nnco3)c2C1=O. The van der Waals surface area contributed by atoms with Gasteiger partial charge in [-0.15, -0.1) is 10.2 Å². The smallest absolute Gasteiger partial charge is 0.266 e.